The summed E-state index contributed by atoms with van der Waals surface area (Å²) in [5, 5.41) is 14.0. The Balaban J connectivity index is 1.68. The van der Waals surface area contributed by atoms with Crippen LogP contribution in [0.25, 0.3) is 11.3 Å². The number of aliphatic hydroxyl groups excluding tert-OH is 1. The molecule has 1 aliphatic carbocycles. The molecule has 0 radical (unpaired) electrons. The van der Waals surface area contributed by atoms with E-state index in [0.717, 1.165) is 40.4 Å². The van der Waals surface area contributed by atoms with Crippen molar-refractivity contribution in [3.63, 3.8) is 0 Å². The van der Waals surface area contributed by atoms with Gasteiger partial charge in [-0.05, 0) is 38.0 Å². The van der Waals surface area contributed by atoms with Crippen LogP contribution in [0.4, 0.5) is 11.8 Å². The average molecular weight is 440 g/mol. The van der Waals surface area contributed by atoms with Gasteiger partial charge in [0.05, 0.1) is 10.7 Å². The van der Waals surface area contributed by atoms with Crippen LogP contribution in [0, 0.1) is 24.7 Å². The zero-order valence-corrected chi connectivity index (χ0v) is 18.1. The second-order valence-corrected chi connectivity index (χ2v) is 8.89. The van der Waals surface area contributed by atoms with Crippen LogP contribution >= 0.6 is 22.9 Å². The van der Waals surface area contributed by atoms with Gasteiger partial charge in [-0.2, -0.15) is 9.97 Å². The first-order valence-corrected chi connectivity index (χ1v) is 11.0. The fraction of sp³-hybridized carbons (Fsp3) is 0.318. The Morgan fingerprint density at radius 1 is 1.20 bits per heavy atom. The van der Waals surface area contributed by atoms with Crippen molar-refractivity contribution in [3.8, 4) is 23.1 Å². The Kier molecular flexibility index (Phi) is 6.18. The second kappa shape index (κ2) is 9.00. The first-order valence-electron chi connectivity index (χ1n) is 9.78. The molecule has 0 unspecified atom stereocenters. The zero-order chi connectivity index (χ0) is 21.1. The van der Waals surface area contributed by atoms with Gasteiger partial charge in [-0.15, -0.1) is 11.3 Å². The van der Waals surface area contributed by atoms with E-state index in [2.05, 4.69) is 32.1 Å². The van der Waals surface area contributed by atoms with Crippen molar-refractivity contribution in [1.29, 1.82) is 0 Å². The number of rotatable bonds is 4. The molecular weight excluding hydrogens is 418 g/mol. The second-order valence-electron chi connectivity index (χ2n) is 7.33. The summed E-state index contributed by atoms with van der Waals surface area (Å²) < 4.78 is 0. The molecule has 1 saturated carbocycles. The monoisotopic (exact) mass is 439 g/mol. The predicted molar refractivity (Wildman–Crippen MR) is 122 cm³/mol. The van der Waals surface area contributed by atoms with Gasteiger partial charge < -0.3 is 16.2 Å². The summed E-state index contributed by atoms with van der Waals surface area (Å²) in [6.07, 6.45) is 2.80. The molecule has 1 aromatic carbocycles. The van der Waals surface area contributed by atoms with Crippen LogP contribution in [-0.4, -0.2) is 32.7 Å². The van der Waals surface area contributed by atoms with Crippen molar-refractivity contribution in [2.24, 2.45) is 5.92 Å². The van der Waals surface area contributed by atoms with Crippen molar-refractivity contribution in [2.45, 2.75) is 32.2 Å². The third-order valence-electron chi connectivity index (χ3n) is 5.10. The maximum Gasteiger partial charge on any atom is 0.223 e. The molecule has 8 heteroatoms. The molecule has 0 aliphatic heterocycles. The number of aliphatic hydroxyl groups is 1. The molecule has 0 amide bonds. The van der Waals surface area contributed by atoms with Gasteiger partial charge >= 0.3 is 0 Å². The Labute approximate surface area is 184 Å². The Morgan fingerprint density at radius 2 is 2.00 bits per heavy atom. The highest BCUT2D eigenvalue weighted by Crippen LogP contribution is 2.31. The van der Waals surface area contributed by atoms with Crippen molar-refractivity contribution < 1.29 is 5.11 Å². The van der Waals surface area contributed by atoms with Crippen molar-refractivity contribution in [1.82, 2.24) is 15.0 Å². The van der Waals surface area contributed by atoms with Gasteiger partial charge in [0.2, 0.25) is 5.95 Å². The lowest BCUT2D eigenvalue weighted by molar-refractivity contribution is 0.229. The molecule has 2 aromatic heterocycles. The Morgan fingerprint density at radius 3 is 2.73 bits per heavy atom. The van der Waals surface area contributed by atoms with Crippen molar-refractivity contribution in [2.75, 3.05) is 17.7 Å². The van der Waals surface area contributed by atoms with Crippen molar-refractivity contribution >= 4 is 34.7 Å². The van der Waals surface area contributed by atoms with Crippen LogP contribution in [0.1, 0.15) is 34.7 Å². The summed E-state index contributed by atoms with van der Waals surface area (Å²) in [5.41, 5.74) is 8.22. The predicted octanol–water partition coefficient (Wildman–Crippen LogP) is 4.12. The first-order chi connectivity index (χ1) is 14.5. The number of nitrogens with zero attached hydrogens (tertiary/aromatic N) is 3. The summed E-state index contributed by atoms with van der Waals surface area (Å²) >= 11 is 7.92. The molecule has 154 valence electrons. The lowest BCUT2D eigenvalue weighted by Gasteiger charge is -2.15. The number of nitrogen functional groups attached to an aromatic ring is 1. The fourth-order valence-electron chi connectivity index (χ4n) is 3.65. The SMILES string of the molecule is Cc1nc(-c2ccccc2)c(C#Cc2c(Cl)nc(N)nc2N[C@H]2CC[C@@H](CO)C2)s1. The van der Waals surface area contributed by atoms with Gasteiger partial charge in [0.1, 0.15) is 16.3 Å². The molecule has 0 spiro atoms. The number of hydrogen-bond donors (Lipinski definition) is 3. The van der Waals surface area contributed by atoms with Crippen LogP contribution in [0.5, 0.6) is 0 Å². The molecule has 1 fully saturated rings. The first kappa shape index (κ1) is 20.6. The van der Waals surface area contributed by atoms with E-state index < -0.39 is 0 Å². The molecule has 6 nitrogen and oxygen atoms in total. The molecule has 1 aliphatic rings. The summed E-state index contributed by atoms with van der Waals surface area (Å²) in [6, 6.07) is 10.2. The third kappa shape index (κ3) is 4.57. The molecule has 0 saturated heterocycles. The van der Waals surface area contributed by atoms with Crippen LogP contribution in [0.3, 0.4) is 0 Å². The minimum atomic E-state index is 0.100. The number of halogens is 1. The van der Waals surface area contributed by atoms with Crippen molar-refractivity contribution in [3.05, 3.63) is 50.9 Å². The normalized spacial score (nSPS) is 18.1. The molecule has 2 atom stereocenters. The quantitative estimate of drug-likeness (QED) is 0.418. The number of nitrogens with one attached hydrogen (secondary N) is 1. The van der Waals surface area contributed by atoms with Gasteiger partial charge in [-0.1, -0.05) is 47.9 Å². The summed E-state index contributed by atoms with van der Waals surface area (Å²) in [7, 11) is 0. The minimum absolute atomic E-state index is 0.100. The smallest absolute Gasteiger partial charge is 0.223 e. The van der Waals surface area contributed by atoms with E-state index in [4.69, 9.17) is 17.3 Å². The standard InChI is InChI=1S/C22H22ClN5OS/c1-13-25-19(15-5-3-2-4-6-15)18(30-13)10-9-17-20(23)27-22(24)28-21(17)26-16-8-7-14(11-16)12-29/h2-6,14,16,29H,7-8,11-12H2,1H3,(H3,24,26,27,28)/t14-,16+/m1/s1. The van der Waals surface area contributed by atoms with Gasteiger partial charge in [0, 0.05) is 18.2 Å². The highest BCUT2D eigenvalue weighted by Gasteiger charge is 2.25. The number of nitrogens with two attached hydrogens (primary N) is 1. The lowest BCUT2D eigenvalue weighted by atomic mass is 10.1. The van der Waals surface area contributed by atoms with Gasteiger partial charge in [0.25, 0.3) is 0 Å². The maximum absolute atomic E-state index is 9.40. The number of hydrogen-bond acceptors (Lipinski definition) is 7. The van der Waals surface area contributed by atoms with E-state index in [-0.39, 0.29) is 23.8 Å². The van der Waals surface area contributed by atoms with Gasteiger partial charge in [-0.3, -0.25) is 0 Å². The largest absolute Gasteiger partial charge is 0.396 e. The summed E-state index contributed by atoms with van der Waals surface area (Å²) in [4.78, 5) is 13.9. The van der Waals surface area contributed by atoms with E-state index in [1.54, 1.807) is 0 Å². The van der Waals surface area contributed by atoms with Gasteiger partial charge in [-0.25, -0.2) is 4.98 Å². The topological polar surface area (TPSA) is 97.0 Å². The number of aromatic nitrogens is 3. The molecule has 0 bridgehead atoms. The van der Waals surface area contributed by atoms with Crippen LogP contribution in [-0.2, 0) is 0 Å². The summed E-state index contributed by atoms with van der Waals surface area (Å²) in [6.45, 7) is 2.16. The van der Waals surface area contributed by atoms with Crippen LogP contribution in [0.2, 0.25) is 5.15 Å². The average Bonchev–Trinajstić information content (AvgIpc) is 3.34. The third-order valence-corrected chi connectivity index (χ3v) is 6.26. The lowest BCUT2D eigenvalue weighted by Crippen LogP contribution is -2.19. The highest BCUT2D eigenvalue weighted by molar-refractivity contribution is 7.12. The highest BCUT2D eigenvalue weighted by atomic mass is 35.5. The number of aryl methyl sites for hydroxylation is 1. The molecule has 2 heterocycles. The van der Waals surface area contributed by atoms with E-state index >= 15 is 0 Å². The Bertz CT molecular complexity index is 1110. The van der Waals surface area contributed by atoms with Gasteiger partial charge in [0.15, 0.2) is 5.15 Å². The van der Waals surface area contributed by atoms with Crippen LogP contribution in [0.15, 0.2) is 30.3 Å². The van der Waals surface area contributed by atoms with E-state index in [1.165, 1.54) is 11.3 Å². The fourth-order valence-corrected chi connectivity index (χ4v) is 4.67. The Hall–Kier alpha value is -2.66. The number of benzene rings is 1. The molecular formula is C22H22ClN5OS. The molecule has 30 heavy (non-hydrogen) atoms. The van der Waals surface area contributed by atoms with Crippen LogP contribution < -0.4 is 11.1 Å². The molecule has 4 N–H and O–H groups in total. The molecule has 3 aromatic rings. The number of anilines is 2. The van der Waals surface area contributed by atoms with E-state index in [1.807, 2.05) is 37.3 Å². The maximum atomic E-state index is 9.40. The number of thiazole rings is 1. The zero-order valence-electron chi connectivity index (χ0n) is 16.5. The minimum Gasteiger partial charge on any atom is -0.396 e. The van der Waals surface area contributed by atoms with E-state index in [0.29, 0.717) is 17.3 Å². The molecule has 4 rings (SSSR count). The van der Waals surface area contributed by atoms with E-state index in [9.17, 15) is 5.11 Å². The summed E-state index contributed by atoms with van der Waals surface area (Å²) in [5.74, 6) is 7.30.